The minimum absolute atomic E-state index is 0.122. The van der Waals surface area contributed by atoms with Gasteiger partial charge in [0.05, 0.1) is 6.61 Å². The van der Waals surface area contributed by atoms with Crippen molar-refractivity contribution in [2.75, 3.05) is 5.32 Å². The first kappa shape index (κ1) is 15.4. The second-order valence-corrected chi connectivity index (χ2v) is 7.27. The Hall–Kier alpha value is -1.02. The Labute approximate surface area is 123 Å². The van der Waals surface area contributed by atoms with E-state index < -0.39 is 0 Å². The number of aliphatic hydroxyl groups is 1. The van der Waals surface area contributed by atoms with Crippen LogP contribution in [0.3, 0.4) is 0 Å². The third kappa shape index (κ3) is 4.24. The highest BCUT2D eigenvalue weighted by atomic mass is 16.3. The van der Waals surface area contributed by atoms with Gasteiger partial charge in [-0.15, -0.1) is 0 Å². The molecule has 2 heteroatoms. The fourth-order valence-corrected chi connectivity index (χ4v) is 3.25. The first-order valence-corrected chi connectivity index (χ1v) is 7.95. The summed E-state index contributed by atoms with van der Waals surface area (Å²) in [5.41, 5.74) is 2.60. The molecule has 112 valence electrons. The smallest absolute Gasteiger partial charge is 0.0681 e. The van der Waals surface area contributed by atoms with E-state index in [0.717, 1.165) is 11.5 Å². The maximum absolute atomic E-state index is 9.07. The number of benzene rings is 1. The fraction of sp³-hybridized carbons (Fsp3) is 0.667. The Morgan fingerprint density at radius 1 is 1.05 bits per heavy atom. The van der Waals surface area contributed by atoms with E-state index in [4.69, 9.17) is 5.11 Å². The molecule has 1 saturated carbocycles. The number of nitrogens with one attached hydrogen (secondary N) is 1. The van der Waals surface area contributed by atoms with Crippen molar-refractivity contribution >= 4 is 5.69 Å². The molecule has 1 aromatic rings. The zero-order valence-corrected chi connectivity index (χ0v) is 13.2. The Morgan fingerprint density at radius 2 is 1.75 bits per heavy atom. The quantitative estimate of drug-likeness (QED) is 0.791. The standard InChI is InChI=1S/C18H29NO/c1-18(2,3)15-5-4-6-16(12-9-15)19-17-10-7-14(13-20)8-11-17/h7-8,10-11,15-16,19-20H,4-6,9,12-13H2,1-3H3. The predicted molar refractivity (Wildman–Crippen MR) is 85.8 cm³/mol. The van der Waals surface area contributed by atoms with Crippen LogP contribution in [0.5, 0.6) is 0 Å². The molecule has 20 heavy (non-hydrogen) atoms. The van der Waals surface area contributed by atoms with Gasteiger partial charge in [-0.05, 0) is 54.7 Å². The highest BCUT2D eigenvalue weighted by Gasteiger charge is 2.27. The van der Waals surface area contributed by atoms with E-state index in [1.54, 1.807) is 0 Å². The van der Waals surface area contributed by atoms with Gasteiger partial charge >= 0.3 is 0 Å². The number of hydrogen-bond donors (Lipinski definition) is 2. The van der Waals surface area contributed by atoms with E-state index in [9.17, 15) is 0 Å². The monoisotopic (exact) mass is 275 g/mol. The molecule has 0 aliphatic heterocycles. The van der Waals surface area contributed by atoms with Gasteiger partial charge in [-0.2, -0.15) is 0 Å². The van der Waals surface area contributed by atoms with Crippen molar-refractivity contribution in [2.45, 2.75) is 65.5 Å². The summed E-state index contributed by atoms with van der Waals surface area (Å²) in [5, 5.41) is 12.7. The van der Waals surface area contributed by atoms with Crippen LogP contribution < -0.4 is 5.32 Å². The Morgan fingerprint density at radius 3 is 2.35 bits per heavy atom. The van der Waals surface area contributed by atoms with Crippen LogP contribution in [-0.4, -0.2) is 11.1 Å². The Balaban J connectivity index is 1.90. The molecule has 1 aromatic carbocycles. The van der Waals surface area contributed by atoms with Crippen molar-refractivity contribution in [3.8, 4) is 0 Å². The summed E-state index contributed by atoms with van der Waals surface area (Å²) in [6, 6.07) is 8.76. The van der Waals surface area contributed by atoms with Crippen LogP contribution in [0.4, 0.5) is 5.69 Å². The Bertz CT molecular complexity index is 404. The summed E-state index contributed by atoms with van der Waals surface area (Å²) < 4.78 is 0. The molecule has 1 fully saturated rings. The topological polar surface area (TPSA) is 32.3 Å². The lowest BCUT2D eigenvalue weighted by Gasteiger charge is -2.29. The number of rotatable bonds is 3. The van der Waals surface area contributed by atoms with Gasteiger partial charge < -0.3 is 10.4 Å². The van der Waals surface area contributed by atoms with E-state index in [2.05, 4.69) is 38.2 Å². The highest BCUT2D eigenvalue weighted by molar-refractivity contribution is 5.45. The van der Waals surface area contributed by atoms with Crippen molar-refractivity contribution in [1.29, 1.82) is 0 Å². The third-order valence-electron chi connectivity index (χ3n) is 4.70. The van der Waals surface area contributed by atoms with Gasteiger partial charge in [0.2, 0.25) is 0 Å². The molecular weight excluding hydrogens is 246 g/mol. The van der Waals surface area contributed by atoms with Crippen molar-refractivity contribution in [2.24, 2.45) is 11.3 Å². The van der Waals surface area contributed by atoms with Crippen LogP contribution in [0.15, 0.2) is 24.3 Å². The van der Waals surface area contributed by atoms with Crippen LogP contribution in [-0.2, 0) is 6.61 Å². The average molecular weight is 275 g/mol. The molecule has 0 saturated heterocycles. The summed E-state index contributed by atoms with van der Waals surface area (Å²) >= 11 is 0. The summed E-state index contributed by atoms with van der Waals surface area (Å²) in [6.45, 7) is 7.24. The number of anilines is 1. The fourth-order valence-electron chi connectivity index (χ4n) is 3.25. The maximum atomic E-state index is 9.07. The predicted octanol–water partition coefficient (Wildman–Crippen LogP) is 4.59. The molecule has 0 spiro atoms. The summed E-state index contributed by atoms with van der Waals surface area (Å²) in [5.74, 6) is 0.853. The zero-order valence-electron chi connectivity index (χ0n) is 13.2. The molecular formula is C18H29NO. The zero-order chi connectivity index (χ0) is 14.6. The normalized spacial score (nSPS) is 24.2. The number of hydrogen-bond acceptors (Lipinski definition) is 2. The first-order valence-electron chi connectivity index (χ1n) is 7.95. The second-order valence-electron chi connectivity index (χ2n) is 7.27. The summed E-state index contributed by atoms with van der Waals surface area (Å²) in [6.07, 6.45) is 6.56. The first-order chi connectivity index (χ1) is 9.49. The molecule has 2 rings (SSSR count). The lowest BCUT2D eigenvalue weighted by Crippen LogP contribution is -2.21. The van der Waals surface area contributed by atoms with Crippen molar-refractivity contribution in [3.05, 3.63) is 29.8 Å². The molecule has 0 heterocycles. The van der Waals surface area contributed by atoms with E-state index in [-0.39, 0.29) is 6.61 Å². The SMILES string of the molecule is CC(C)(C)C1CCCC(Nc2ccc(CO)cc2)CC1. The minimum Gasteiger partial charge on any atom is -0.392 e. The van der Waals surface area contributed by atoms with Crippen LogP contribution in [0.2, 0.25) is 0 Å². The van der Waals surface area contributed by atoms with Crippen LogP contribution in [0.25, 0.3) is 0 Å². The summed E-state index contributed by atoms with van der Waals surface area (Å²) in [7, 11) is 0. The van der Waals surface area contributed by atoms with Crippen LogP contribution in [0.1, 0.15) is 58.4 Å². The van der Waals surface area contributed by atoms with Gasteiger partial charge in [-0.1, -0.05) is 39.3 Å². The van der Waals surface area contributed by atoms with Crippen LogP contribution >= 0.6 is 0 Å². The minimum atomic E-state index is 0.122. The lowest BCUT2D eigenvalue weighted by atomic mass is 9.76. The molecule has 2 unspecified atom stereocenters. The molecule has 0 bridgehead atoms. The van der Waals surface area contributed by atoms with E-state index >= 15 is 0 Å². The van der Waals surface area contributed by atoms with E-state index in [1.165, 1.54) is 37.8 Å². The van der Waals surface area contributed by atoms with Crippen molar-refractivity contribution < 1.29 is 5.11 Å². The second kappa shape index (κ2) is 6.62. The third-order valence-corrected chi connectivity index (χ3v) is 4.70. The van der Waals surface area contributed by atoms with Gasteiger partial charge in [0.1, 0.15) is 0 Å². The van der Waals surface area contributed by atoms with Crippen molar-refractivity contribution in [3.63, 3.8) is 0 Å². The molecule has 2 nitrogen and oxygen atoms in total. The molecule has 2 atom stereocenters. The molecule has 2 N–H and O–H groups in total. The van der Waals surface area contributed by atoms with Gasteiger partial charge in [0.25, 0.3) is 0 Å². The molecule has 1 aliphatic rings. The molecule has 0 amide bonds. The molecule has 0 aromatic heterocycles. The van der Waals surface area contributed by atoms with Crippen molar-refractivity contribution in [1.82, 2.24) is 0 Å². The largest absolute Gasteiger partial charge is 0.392 e. The Kier molecular flexibility index (Phi) is 5.09. The number of aliphatic hydroxyl groups excluding tert-OH is 1. The average Bonchev–Trinajstić information content (AvgIpc) is 2.65. The molecule has 0 radical (unpaired) electrons. The van der Waals surface area contributed by atoms with Gasteiger partial charge in [-0.3, -0.25) is 0 Å². The maximum Gasteiger partial charge on any atom is 0.0681 e. The molecule has 1 aliphatic carbocycles. The van der Waals surface area contributed by atoms with E-state index in [0.29, 0.717) is 11.5 Å². The van der Waals surface area contributed by atoms with Gasteiger partial charge in [-0.25, -0.2) is 0 Å². The lowest BCUT2D eigenvalue weighted by molar-refractivity contribution is 0.214. The summed E-state index contributed by atoms with van der Waals surface area (Å²) in [4.78, 5) is 0. The van der Waals surface area contributed by atoms with Gasteiger partial charge in [0, 0.05) is 11.7 Å². The van der Waals surface area contributed by atoms with Crippen LogP contribution in [0, 0.1) is 11.3 Å². The van der Waals surface area contributed by atoms with E-state index in [1.807, 2.05) is 12.1 Å². The van der Waals surface area contributed by atoms with Gasteiger partial charge in [0.15, 0.2) is 0 Å². The highest BCUT2D eigenvalue weighted by Crippen LogP contribution is 2.37.